The van der Waals surface area contributed by atoms with Crippen molar-refractivity contribution in [1.29, 1.82) is 5.26 Å². The van der Waals surface area contributed by atoms with Crippen LogP contribution in [0.4, 0.5) is 5.95 Å². The summed E-state index contributed by atoms with van der Waals surface area (Å²) in [6, 6.07) is 13.4. The minimum atomic E-state index is -0.282. The third kappa shape index (κ3) is 6.31. The molecule has 2 fully saturated rings. The van der Waals surface area contributed by atoms with E-state index >= 15 is 0 Å². The average Bonchev–Trinajstić information content (AvgIpc) is 3.60. The highest BCUT2D eigenvalue weighted by Gasteiger charge is 2.38. The van der Waals surface area contributed by atoms with E-state index in [0.717, 1.165) is 47.3 Å². The van der Waals surface area contributed by atoms with Gasteiger partial charge < -0.3 is 19.9 Å². The molecule has 1 aliphatic heterocycles. The van der Waals surface area contributed by atoms with E-state index < -0.39 is 0 Å². The fourth-order valence-electron chi connectivity index (χ4n) is 5.55. The Morgan fingerprint density at radius 3 is 2.86 bits per heavy atom. The van der Waals surface area contributed by atoms with Crippen LogP contribution >= 0.6 is 11.3 Å². The fourth-order valence-corrected chi connectivity index (χ4v) is 6.39. The first-order valence-corrected chi connectivity index (χ1v) is 15.8. The van der Waals surface area contributed by atoms with E-state index in [2.05, 4.69) is 28.7 Å². The van der Waals surface area contributed by atoms with Crippen LogP contribution in [0, 0.1) is 16.7 Å². The van der Waals surface area contributed by atoms with Crippen molar-refractivity contribution in [2.45, 2.75) is 64.7 Å². The molecule has 12 heteroatoms. The zero-order valence-electron chi connectivity index (χ0n) is 24.9. The van der Waals surface area contributed by atoms with E-state index in [0.29, 0.717) is 30.5 Å². The molecule has 1 aromatic carbocycles. The molecule has 2 atom stereocenters. The maximum atomic E-state index is 13.5. The van der Waals surface area contributed by atoms with Gasteiger partial charge in [-0.05, 0) is 73.9 Å². The number of amides is 2. The molecule has 6 rings (SSSR count). The first kappa shape index (κ1) is 29.7. The van der Waals surface area contributed by atoms with E-state index in [1.807, 2.05) is 59.0 Å². The Bertz CT molecular complexity index is 1740. The minimum absolute atomic E-state index is 0.0381. The summed E-state index contributed by atoms with van der Waals surface area (Å²) in [7, 11) is 0. The van der Waals surface area contributed by atoms with Crippen molar-refractivity contribution in [1.82, 2.24) is 29.5 Å². The molecule has 228 valence electrons. The zero-order valence-corrected chi connectivity index (χ0v) is 25.7. The number of rotatable bonds is 11. The largest absolute Gasteiger partial charge is 0.395 e. The number of thiophene rings is 1. The molecule has 4 aromatic rings. The minimum Gasteiger partial charge on any atom is -0.395 e. The van der Waals surface area contributed by atoms with E-state index in [-0.39, 0.29) is 41.5 Å². The lowest BCUT2D eigenvalue weighted by Gasteiger charge is -2.26. The average molecular weight is 613 g/mol. The molecule has 3 N–H and O–H groups in total. The molecule has 2 aliphatic rings. The van der Waals surface area contributed by atoms with Crippen LogP contribution in [0.2, 0.25) is 0 Å². The topological polar surface area (TPSA) is 141 Å². The summed E-state index contributed by atoms with van der Waals surface area (Å²) in [5.74, 6) is -0.113. The third-order valence-corrected chi connectivity index (χ3v) is 9.50. The van der Waals surface area contributed by atoms with E-state index in [1.54, 1.807) is 16.9 Å². The predicted octanol–water partition coefficient (Wildman–Crippen LogP) is 4.25. The number of aliphatic hydroxyl groups is 1. The first-order valence-electron chi connectivity index (χ1n) is 15.0. The molecule has 0 radical (unpaired) electrons. The van der Waals surface area contributed by atoms with Crippen LogP contribution in [-0.4, -0.2) is 66.4 Å². The molecule has 3 aromatic heterocycles. The highest BCUT2D eigenvalue weighted by atomic mass is 32.1. The number of nitriles is 1. The van der Waals surface area contributed by atoms with Crippen LogP contribution in [-0.2, 0) is 17.9 Å². The van der Waals surface area contributed by atoms with Crippen LogP contribution in [0.25, 0.3) is 16.0 Å². The van der Waals surface area contributed by atoms with Gasteiger partial charge in [0.1, 0.15) is 16.6 Å². The summed E-state index contributed by atoms with van der Waals surface area (Å²) in [5, 5.41) is 30.6. The van der Waals surface area contributed by atoms with Gasteiger partial charge in [-0.3, -0.25) is 14.9 Å². The summed E-state index contributed by atoms with van der Waals surface area (Å²) in [6.07, 6.45) is 8.96. The fraction of sp³-hybridized carbons (Fsp3) is 0.406. The number of anilines is 1. The Labute approximate surface area is 259 Å². The Morgan fingerprint density at radius 1 is 1.30 bits per heavy atom. The maximum Gasteiger partial charge on any atom is 0.268 e. The molecular weight excluding hydrogens is 576 g/mol. The normalized spacial score (nSPS) is 18.4. The second-order valence-corrected chi connectivity index (χ2v) is 13.1. The van der Waals surface area contributed by atoms with Crippen LogP contribution < -0.4 is 10.6 Å². The second-order valence-electron chi connectivity index (χ2n) is 12.0. The van der Waals surface area contributed by atoms with Gasteiger partial charge in [0.15, 0.2) is 0 Å². The lowest BCUT2D eigenvalue weighted by Crippen LogP contribution is -2.39. The van der Waals surface area contributed by atoms with Crippen LogP contribution in [0.1, 0.15) is 54.8 Å². The van der Waals surface area contributed by atoms with Crippen molar-refractivity contribution >= 4 is 40.1 Å². The Balaban J connectivity index is 1.29. The maximum absolute atomic E-state index is 13.5. The van der Waals surface area contributed by atoms with E-state index in [1.165, 1.54) is 11.3 Å². The number of hydrogen-bond donors (Lipinski definition) is 3. The molecule has 1 saturated carbocycles. The highest BCUT2D eigenvalue weighted by Crippen LogP contribution is 2.47. The number of nitrogens with zero attached hydrogens (tertiary/aromatic N) is 6. The smallest absolute Gasteiger partial charge is 0.268 e. The number of carbonyl (C=O) groups is 2. The van der Waals surface area contributed by atoms with Gasteiger partial charge in [-0.1, -0.05) is 19.1 Å². The third-order valence-electron chi connectivity index (χ3n) is 8.43. The van der Waals surface area contributed by atoms with Crippen molar-refractivity contribution in [3.63, 3.8) is 0 Å². The van der Waals surface area contributed by atoms with Crippen molar-refractivity contribution in [3.8, 4) is 11.1 Å². The van der Waals surface area contributed by atoms with Gasteiger partial charge in [0.05, 0.1) is 28.6 Å². The lowest BCUT2D eigenvalue weighted by molar-refractivity contribution is -0.127. The van der Waals surface area contributed by atoms with Gasteiger partial charge in [0.25, 0.3) is 11.8 Å². The van der Waals surface area contributed by atoms with Crippen molar-refractivity contribution in [3.05, 3.63) is 70.9 Å². The summed E-state index contributed by atoms with van der Waals surface area (Å²) >= 11 is 1.33. The Hall–Kier alpha value is -4.31. The molecule has 2 amide bonds. The second kappa shape index (κ2) is 12.4. The van der Waals surface area contributed by atoms with Gasteiger partial charge in [0.2, 0.25) is 5.95 Å². The van der Waals surface area contributed by atoms with Gasteiger partial charge in [0, 0.05) is 38.1 Å². The first-order chi connectivity index (χ1) is 21.3. The summed E-state index contributed by atoms with van der Waals surface area (Å²) in [4.78, 5) is 34.2. The molecule has 44 heavy (non-hydrogen) atoms. The molecule has 0 unspecified atom stereocenters. The van der Waals surface area contributed by atoms with Gasteiger partial charge in [-0.25, -0.2) is 9.67 Å². The number of benzene rings is 1. The molecule has 1 saturated heterocycles. The van der Waals surface area contributed by atoms with Crippen LogP contribution in [0.5, 0.6) is 0 Å². The number of imidazole rings is 1. The Kier molecular flexibility index (Phi) is 8.35. The van der Waals surface area contributed by atoms with Crippen molar-refractivity contribution < 1.29 is 14.7 Å². The molecule has 0 spiro atoms. The summed E-state index contributed by atoms with van der Waals surface area (Å²) in [5.41, 5.74) is 2.70. The molecular formula is C32H36N8O3S. The lowest BCUT2D eigenvalue weighted by atomic mass is 10.0. The summed E-state index contributed by atoms with van der Waals surface area (Å²) < 4.78 is 3.68. The number of aliphatic hydroxyl groups excluding tert-OH is 1. The molecule has 1 aliphatic carbocycles. The van der Waals surface area contributed by atoms with Crippen LogP contribution in [0.15, 0.2) is 60.4 Å². The summed E-state index contributed by atoms with van der Waals surface area (Å²) in [6.45, 7) is 5.59. The monoisotopic (exact) mass is 612 g/mol. The zero-order chi connectivity index (χ0) is 30.8. The Morgan fingerprint density at radius 2 is 2.14 bits per heavy atom. The van der Waals surface area contributed by atoms with Gasteiger partial charge in [-0.15, -0.1) is 11.3 Å². The molecule has 0 bridgehead atoms. The number of fused-ring (bicyclic) bond motifs is 1. The number of allylic oxidation sites excluding steroid dienone is 1. The molecule has 4 heterocycles. The number of hydrogen-bond acceptors (Lipinski definition) is 8. The van der Waals surface area contributed by atoms with Crippen molar-refractivity contribution in [2.24, 2.45) is 5.41 Å². The number of nitrogens with one attached hydrogen (secondary N) is 2. The van der Waals surface area contributed by atoms with Gasteiger partial charge in [-0.2, -0.15) is 10.4 Å². The number of aromatic nitrogens is 4. The number of likely N-dealkylation sites (tertiary alicyclic amines) is 1. The van der Waals surface area contributed by atoms with Gasteiger partial charge >= 0.3 is 0 Å². The van der Waals surface area contributed by atoms with Crippen LogP contribution in [0.3, 0.4) is 0 Å². The van der Waals surface area contributed by atoms with E-state index in [4.69, 9.17) is 4.98 Å². The molecule has 11 nitrogen and oxygen atoms in total. The number of carbonyl (C=O) groups excluding carboxylic acids is 2. The standard InChI is InChI=1S/C32H36N8O3S/c1-21(20-41)34-18-22-6-7-26-25(15-22)36-31(37-29(42)27-8-9-28(44-27)40-14-4-12-35-40)39(26)19-24-5-3-13-38(24)30(43)23(17-33)16-32(2)10-11-32/h4,6-9,12,14-16,21,24,34,41H,3,5,10-11,13,18-20H2,1-2H3,(H,36,37,42)/b23-16-/t21-,24+/m0/s1. The van der Waals surface area contributed by atoms with Crippen molar-refractivity contribution in [2.75, 3.05) is 18.5 Å². The predicted molar refractivity (Wildman–Crippen MR) is 168 cm³/mol. The quantitative estimate of drug-likeness (QED) is 0.170. The highest BCUT2D eigenvalue weighted by molar-refractivity contribution is 7.16. The SMILES string of the molecule is C[C@@H](CO)NCc1ccc2c(c1)nc(NC(=O)c1ccc(-n3cccn3)s1)n2C[C@H]1CCCN1C(=O)/C(C#N)=C\C1(C)CC1. The van der Waals surface area contributed by atoms with E-state index in [9.17, 15) is 20.0 Å².